The molecule has 1 heterocycles. The Balaban J connectivity index is 1.68. The van der Waals surface area contributed by atoms with Crippen LogP contribution in [0.15, 0.2) is 60.9 Å². The van der Waals surface area contributed by atoms with Gasteiger partial charge in [0.2, 0.25) is 0 Å². The maximum absolute atomic E-state index is 12.4. The van der Waals surface area contributed by atoms with Crippen LogP contribution in [-0.2, 0) is 6.54 Å². The van der Waals surface area contributed by atoms with Crippen LogP contribution in [-0.4, -0.2) is 27.2 Å². The lowest BCUT2D eigenvalue weighted by Crippen LogP contribution is -2.22. The third-order valence-corrected chi connectivity index (χ3v) is 3.93. The van der Waals surface area contributed by atoms with Crippen molar-refractivity contribution in [2.24, 2.45) is 0 Å². The summed E-state index contributed by atoms with van der Waals surface area (Å²) < 4.78 is 1.72. The molecular formula is C19H19N5O3. The molecule has 1 aromatic heterocycles. The minimum atomic E-state index is -0.501. The van der Waals surface area contributed by atoms with Crippen LogP contribution in [0.1, 0.15) is 22.8 Å². The van der Waals surface area contributed by atoms with E-state index in [1.165, 1.54) is 6.07 Å². The van der Waals surface area contributed by atoms with E-state index in [4.69, 9.17) is 0 Å². The molecule has 2 N–H and O–H groups in total. The Kier molecular flexibility index (Phi) is 5.46. The molecule has 8 heteroatoms. The van der Waals surface area contributed by atoms with E-state index in [9.17, 15) is 14.9 Å². The molecule has 0 saturated heterocycles. The van der Waals surface area contributed by atoms with Gasteiger partial charge in [0.1, 0.15) is 5.69 Å². The van der Waals surface area contributed by atoms with Crippen molar-refractivity contribution >= 4 is 17.3 Å². The normalized spacial score (nSPS) is 10.4. The first-order valence-electron chi connectivity index (χ1n) is 8.48. The fourth-order valence-corrected chi connectivity index (χ4v) is 2.62. The largest absolute Gasteiger partial charge is 0.380 e. The first-order valence-corrected chi connectivity index (χ1v) is 8.48. The van der Waals surface area contributed by atoms with Gasteiger partial charge in [0.05, 0.1) is 16.8 Å². The maximum atomic E-state index is 12.4. The van der Waals surface area contributed by atoms with Gasteiger partial charge in [-0.05, 0) is 31.2 Å². The standard InChI is InChI=1S/C19H19N5O3/c1-2-20-17-9-8-15(10-18(17)24(26)27)19(25)21-11-14-12-22-23(13-14)16-6-4-3-5-7-16/h3-10,12-13,20H,2,11H2,1H3,(H,21,25). The summed E-state index contributed by atoms with van der Waals surface area (Å²) in [5.74, 6) is -0.381. The van der Waals surface area contributed by atoms with Gasteiger partial charge in [-0.3, -0.25) is 14.9 Å². The van der Waals surface area contributed by atoms with E-state index in [0.29, 0.717) is 12.2 Å². The topological polar surface area (TPSA) is 102 Å². The molecule has 1 amide bonds. The number of amides is 1. The molecule has 3 aromatic rings. The minimum Gasteiger partial charge on any atom is -0.380 e. The van der Waals surface area contributed by atoms with Crippen molar-refractivity contribution in [3.05, 3.63) is 82.2 Å². The molecule has 8 nitrogen and oxygen atoms in total. The van der Waals surface area contributed by atoms with E-state index in [1.54, 1.807) is 23.0 Å². The number of anilines is 1. The minimum absolute atomic E-state index is 0.124. The monoisotopic (exact) mass is 365 g/mol. The van der Waals surface area contributed by atoms with Crippen molar-refractivity contribution in [3.8, 4) is 5.69 Å². The lowest BCUT2D eigenvalue weighted by Gasteiger charge is -2.07. The number of hydrogen-bond acceptors (Lipinski definition) is 5. The third kappa shape index (κ3) is 4.30. The van der Waals surface area contributed by atoms with E-state index < -0.39 is 4.92 Å². The summed E-state index contributed by atoms with van der Waals surface area (Å²) in [6.45, 7) is 2.67. The van der Waals surface area contributed by atoms with Gasteiger partial charge in [-0.15, -0.1) is 0 Å². The summed E-state index contributed by atoms with van der Waals surface area (Å²) in [6, 6.07) is 14.0. The molecule has 0 aliphatic heterocycles. The van der Waals surface area contributed by atoms with Crippen molar-refractivity contribution in [1.29, 1.82) is 0 Å². The summed E-state index contributed by atoms with van der Waals surface area (Å²) >= 11 is 0. The highest BCUT2D eigenvalue weighted by molar-refractivity contribution is 5.95. The van der Waals surface area contributed by atoms with Crippen LogP contribution in [0.4, 0.5) is 11.4 Å². The molecule has 3 rings (SSSR count). The zero-order chi connectivity index (χ0) is 19.2. The highest BCUT2D eigenvalue weighted by Gasteiger charge is 2.17. The molecule has 0 aliphatic rings. The third-order valence-electron chi connectivity index (χ3n) is 3.93. The van der Waals surface area contributed by atoms with Gasteiger partial charge in [0.25, 0.3) is 11.6 Å². The molecule has 2 aromatic carbocycles. The molecule has 0 fully saturated rings. The molecule has 0 spiro atoms. The number of carbonyl (C=O) groups is 1. The average molecular weight is 365 g/mol. The van der Waals surface area contributed by atoms with Crippen molar-refractivity contribution in [2.75, 3.05) is 11.9 Å². The zero-order valence-electron chi connectivity index (χ0n) is 14.8. The van der Waals surface area contributed by atoms with E-state index in [1.807, 2.05) is 43.5 Å². The smallest absolute Gasteiger partial charge is 0.293 e. The van der Waals surface area contributed by atoms with Crippen molar-refractivity contribution in [1.82, 2.24) is 15.1 Å². The van der Waals surface area contributed by atoms with Crippen LogP contribution in [0.3, 0.4) is 0 Å². The first-order chi connectivity index (χ1) is 13.1. The highest BCUT2D eigenvalue weighted by atomic mass is 16.6. The summed E-state index contributed by atoms with van der Waals surface area (Å²) in [4.78, 5) is 23.1. The Morgan fingerprint density at radius 2 is 2.00 bits per heavy atom. The average Bonchev–Trinajstić information content (AvgIpc) is 3.16. The molecule has 0 bridgehead atoms. The molecule has 138 valence electrons. The predicted octanol–water partition coefficient (Wildman–Crippen LogP) is 3.14. The van der Waals surface area contributed by atoms with Gasteiger partial charge in [0.15, 0.2) is 0 Å². The highest BCUT2D eigenvalue weighted by Crippen LogP contribution is 2.25. The van der Waals surface area contributed by atoms with E-state index in [0.717, 1.165) is 11.3 Å². The number of nitro groups is 1. The van der Waals surface area contributed by atoms with Crippen LogP contribution >= 0.6 is 0 Å². The Hall–Kier alpha value is -3.68. The van der Waals surface area contributed by atoms with Crippen LogP contribution in [0, 0.1) is 10.1 Å². The summed E-state index contributed by atoms with van der Waals surface area (Å²) in [5, 5.41) is 21.2. The molecule has 0 aliphatic carbocycles. The number of nitro benzene ring substituents is 1. The van der Waals surface area contributed by atoms with E-state index in [-0.39, 0.29) is 23.7 Å². The number of para-hydroxylation sites is 1. The molecule has 0 atom stereocenters. The maximum Gasteiger partial charge on any atom is 0.293 e. The second-order valence-electron chi connectivity index (χ2n) is 5.83. The van der Waals surface area contributed by atoms with Gasteiger partial charge < -0.3 is 10.6 Å². The van der Waals surface area contributed by atoms with Gasteiger partial charge in [-0.2, -0.15) is 5.10 Å². The van der Waals surface area contributed by atoms with Crippen LogP contribution < -0.4 is 10.6 Å². The van der Waals surface area contributed by atoms with Gasteiger partial charge in [0, 0.05) is 36.5 Å². The van der Waals surface area contributed by atoms with Crippen molar-refractivity contribution in [2.45, 2.75) is 13.5 Å². The Bertz CT molecular complexity index is 953. The van der Waals surface area contributed by atoms with Crippen LogP contribution in [0.5, 0.6) is 0 Å². The quantitative estimate of drug-likeness (QED) is 0.495. The van der Waals surface area contributed by atoms with Crippen LogP contribution in [0.25, 0.3) is 5.69 Å². The Morgan fingerprint density at radius 1 is 1.22 bits per heavy atom. The first kappa shape index (κ1) is 18.1. The lowest BCUT2D eigenvalue weighted by atomic mass is 10.1. The zero-order valence-corrected chi connectivity index (χ0v) is 14.8. The summed E-state index contributed by atoms with van der Waals surface area (Å²) in [6.07, 6.45) is 3.50. The van der Waals surface area contributed by atoms with Crippen molar-refractivity contribution < 1.29 is 9.72 Å². The number of hydrogen-bond donors (Lipinski definition) is 2. The van der Waals surface area contributed by atoms with Gasteiger partial charge in [-0.1, -0.05) is 18.2 Å². The fourth-order valence-electron chi connectivity index (χ4n) is 2.62. The number of benzene rings is 2. The Labute approximate surface area is 156 Å². The molecule has 0 radical (unpaired) electrons. The van der Waals surface area contributed by atoms with Gasteiger partial charge in [-0.25, -0.2) is 4.68 Å². The van der Waals surface area contributed by atoms with E-state index >= 15 is 0 Å². The SMILES string of the molecule is CCNc1ccc(C(=O)NCc2cnn(-c3ccccc3)c2)cc1[N+](=O)[O-]. The Morgan fingerprint density at radius 3 is 2.70 bits per heavy atom. The second-order valence-corrected chi connectivity index (χ2v) is 5.83. The summed E-state index contributed by atoms with van der Waals surface area (Å²) in [7, 11) is 0. The fraction of sp³-hybridized carbons (Fsp3) is 0.158. The second kappa shape index (κ2) is 8.13. The predicted molar refractivity (Wildman–Crippen MR) is 102 cm³/mol. The van der Waals surface area contributed by atoms with E-state index in [2.05, 4.69) is 15.7 Å². The molecular weight excluding hydrogens is 346 g/mol. The lowest BCUT2D eigenvalue weighted by molar-refractivity contribution is -0.384. The van der Waals surface area contributed by atoms with Crippen molar-refractivity contribution in [3.63, 3.8) is 0 Å². The van der Waals surface area contributed by atoms with Crippen LogP contribution in [0.2, 0.25) is 0 Å². The molecule has 27 heavy (non-hydrogen) atoms. The molecule has 0 saturated carbocycles. The number of nitrogens with zero attached hydrogens (tertiary/aromatic N) is 3. The number of nitrogens with one attached hydrogen (secondary N) is 2. The molecule has 0 unspecified atom stereocenters. The number of rotatable bonds is 7. The number of aromatic nitrogens is 2. The number of carbonyl (C=O) groups excluding carboxylic acids is 1. The van der Waals surface area contributed by atoms with Gasteiger partial charge >= 0.3 is 0 Å². The summed E-state index contributed by atoms with van der Waals surface area (Å²) in [5.41, 5.74) is 2.25.